The number of benzene rings is 1. The standard InChI is InChI=1S/C29H32N8O3/c1-19-14-21(7-8-24(19)39-22-9-12-36-25(15-22)30-17-32-36)34-27-26-23(10-13-37(26)33-18-31-27)20-6-5-11-35(16-20)28(38)40-29(2,3)4/h7-10,12-15,17-18,20H,5-6,11,16H2,1-4H3,(H,31,33,34). The van der Waals surface area contributed by atoms with Gasteiger partial charge in [0, 0.05) is 43.2 Å². The summed E-state index contributed by atoms with van der Waals surface area (Å²) >= 11 is 0. The minimum atomic E-state index is -0.526. The van der Waals surface area contributed by atoms with Crippen LogP contribution in [0, 0.1) is 6.92 Å². The molecule has 0 bridgehead atoms. The Labute approximate surface area is 231 Å². The van der Waals surface area contributed by atoms with E-state index in [4.69, 9.17) is 9.47 Å². The van der Waals surface area contributed by atoms with Crippen molar-refractivity contribution in [2.24, 2.45) is 0 Å². The zero-order valence-corrected chi connectivity index (χ0v) is 23.0. The molecule has 0 spiro atoms. The van der Waals surface area contributed by atoms with Gasteiger partial charge in [-0.2, -0.15) is 10.2 Å². The van der Waals surface area contributed by atoms with E-state index in [0.29, 0.717) is 24.7 Å². The largest absolute Gasteiger partial charge is 0.457 e. The first-order valence-electron chi connectivity index (χ1n) is 13.4. The summed E-state index contributed by atoms with van der Waals surface area (Å²) in [5, 5.41) is 12.0. The monoisotopic (exact) mass is 540 g/mol. The summed E-state index contributed by atoms with van der Waals surface area (Å²) < 4.78 is 15.3. The van der Waals surface area contributed by atoms with E-state index in [1.165, 1.54) is 12.7 Å². The van der Waals surface area contributed by atoms with Crippen LogP contribution in [0.4, 0.5) is 16.3 Å². The molecule has 1 unspecified atom stereocenters. The van der Waals surface area contributed by atoms with Crippen molar-refractivity contribution >= 4 is 28.8 Å². The van der Waals surface area contributed by atoms with E-state index in [1.54, 1.807) is 4.52 Å². The van der Waals surface area contributed by atoms with Crippen LogP contribution in [0.25, 0.3) is 11.2 Å². The van der Waals surface area contributed by atoms with Crippen molar-refractivity contribution in [2.45, 2.75) is 52.1 Å². The first-order chi connectivity index (χ1) is 19.2. The van der Waals surface area contributed by atoms with Gasteiger partial charge in [0.05, 0.1) is 0 Å². The summed E-state index contributed by atoms with van der Waals surface area (Å²) in [6.07, 6.45) is 8.42. The van der Waals surface area contributed by atoms with Crippen molar-refractivity contribution in [3.8, 4) is 11.5 Å². The van der Waals surface area contributed by atoms with Gasteiger partial charge in [-0.25, -0.2) is 23.8 Å². The fourth-order valence-electron chi connectivity index (χ4n) is 5.09. The van der Waals surface area contributed by atoms with Crippen LogP contribution in [0.3, 0.4) is 0 Å². The maximum absolute atomic E-state index is 12.8. The number of nitrogens with one attached hydrogen (secondary N) is 1. The maximum atomic E-state index is 12.8. The SMILES string of the molecule is Cc1cc(Nc2ncnn3ccc(C4CCCN(C(=O)OC(C)(C)C)C4)c23)ccc1Oc1ccn2ncnc2c1. The Hall–Kier alpha value is -4.67. The van der Waals surface area contributed by atoms with Gasteiger partial charge in [-0.05, 0) is 82.0 Å². The van der Waals surface area contributed by atoms with Crippen molar-refractivity contribution in [3.05, 3.63) is 72.6 Å². The Balaban J connectivity index is 1.22. The van der Waals surface area contributed by atoms with E-state index < -0.39 is 5.60 Å². The topological polar surface area (TPSA) is 111 Å². The normalized spacial score (nSPS) is 15.9. The van der Waals surface area contributed by atoms with Gasteiger partial charge >= 0.3 is 6.09 Å². The molecule has 1 fully saturated rings. The van der Waals surface area contributed by atoms with E-state index in [9.17, 15) is 4.79 Å². The lowest BCUT2D eigenvalue weighted by Crippen LogP contribution is -2.42. The Morgan fingerprint density at radius 2 is 1.82 bits per heavy atom. The molecule has 1 saturated heterocycles. The Morgan fingerprint density at radius 3 is 2.65 bits per heavy atom. The summed E-state index contributed by atoms with van der Waals surface area (Å²) in [5.41, 5.74) is 4.05. The molecule has 1 aliphatic rings. The Morgan fingerprint density at radius 1 is 1.02 bits per heavy atom. The molecule has 1 amide bonds. The minimum absolute atomic E-state index is 0.151. The van der Waals surface area contributed by atoms with Crippen LogP contribution in [-0.2, 0) is 4.74 Å². The Kier molecular flexibility index (Phi) is 6.49. The quantitative estimate of drug-likeness (QED) is 0.301. The highest BCUT2D eigenvalue weighted by molar-refractivity contribution is 5.78. The number of amides is 1. The van der Waals surface area contributed by atoms with Gasteiger partial charge in [0.25, 0.3) is 0 Å². The second-order valence-electron chi connectivity index (χ2n) is 11.1. The number of aryl methyl sites for hydroxylation is 1. The molecule has 1 N–H and O–H groups in total. The van der Waals surface area contributed by atoms with Crippen molar-refractivity contribution in [2.75, 3.05) is 18.4 Å². The van der Waals surface area contributed by atoms with E-state index in [-0.39, 0.29) is 12.0 Å². The summed E-state index contributed by atoms with van der Waals surface area (Å²) in [6, 6.07) is 11.7. The number of rotatable bonds is 5. The van der Waals surface area contributed by atoms with Crippen molar-refractivity contribution in [3.63, 3.8) is 0 Å². The average molecular weight is 541 g/mol. The summed E-state index contributed by atoms with van der Waals surface area (Å²) in [7, 11) is 0. The number of nitrogens with zero attached hydrogens (tertiary/aromatic N) is 7. The third-order valence-electron chi connectivity index (χ3n) is 6.92. The molecule has 0 radical (unpaired) electrons. The molecule has 1 aliphatic heterocycles. The number of piperidine rings is 1. The molecule has 0 aliphatic carbocycles. The molecule has 1 aromatic carbocycles. The molecule has 1 atom stereocenters. The molecule has 5 aromatic rings. The third-order valence-corrected chi connectivity index (χ3v) is 6.92. The van der Waals surface area contributed by atoms with Crippen LogP contribution < -0.4 is 10.1 Å². The van der Waals surface area contributed by atoms with Gasteiger partial charge in [-0.1, -0.05) is 0 Å². The van der Waals surface area contributed by atoms with Crippen LogP contribution in [0.15, 0.2) is 61.4 Å². The number of carbonyl (C=O) groups is 1. The molecule has 11 heteroatoms. The lowest BCUT2D eigenvalue weighted by Gasteiger charge is -2.34. The smallest absolute Gasteiger partial charge is 0.410 e. The lowest BCUT2D eigenvalue weighted by molar-refractivity contribution is 0.0198. The molecule has 40 heavy (non-hydrogen) atoms. The number of carbonyl (C=O) groups excluding carboxylic acids is 1. The van der Waals surface area contributed by atoms with E-state index >= 15 is 0 Å². The third kappa shape index (κ3) is 5.27. The predicted octanol–water partition coefficient (Wildman–Crippen LogP) is 5.73. The Bertz CT molecular complexity index is 1690. The van der Waals surface area contributed by atoms with Gasteiger partial charge in [-0.15, -0.1) is 0 Å². The van der Waals surface area contributed by atoms with Gasteiger partial charge in [0.2, 0.25) is 0 Å². The zero-order chi connectivity index (χ0) is 27.9. The molecular weight excluding hydrogens is 508 g/mol. The van der Waals surface area contributed by atoms with Gasteiger partial charge in [-0.3, -0.25) is 0 Å². The maximum Gasteiger partial charge on any atom is 0.410 e. The second kappa shape index (κ2) is 10.1. The summed E-state index contributed by atoms with van der Waals surface area (Å²) in [6.45, 7) is 8.96. The van der Waals surface area contributed by atoms with Crippen molar-refractivity contribution in [1.82, 2.24) is 34.1 Å². The highest BCUT2D eigenvalue weighted by Crippen LogP contribution is 2.35. The minimum Gasteiger partial charge on any atom is -0.457 e. The number of hydrogen-bond donors (Lipinski definition) is 1. The fourth-order valence-corrected chi connectivity index (χ4v) is 5.09. The van der Waals surface area contributed by atoms with Crippen molar-refractivity contribution in [1.29, 1.82) is 0 Å². The summed E-state index contributed by atoms with van der Waals surface area (Å²) in [5.74, 6) is 2.29. The molecule has 0 saturated carbocycles. The molecule has 206 valence electrons. The van der Waals surface area contributed by atoms with Crippen LogP contribution in [0.5, 0.6) is 11.5 Å². The van der Waals surface area contributed by atoms with Gasteiger partial charge in [0.1, 0.15) is 35.3 Å². The van der Waals surface area contributed by atoms with Gasteiger partial charge in [0.15, 0.2) is 11.5 Å². The number of hydrogen-bond acceptors (Lipinski definition) is 8. The van der Waals surface area contributed by atoms with E-state index in [1.807, 2.05) is 79.8 Å². The number of anilines is 2. The second-order valence-corrected chi connectivity index (χ2v) is 11.1. The first-order valence-corrected chi connectivity index (χ1v) is 13.4. The lowest BCUT2D eigenvalue weighted by atomic mass is 9.91. The predicted molar refractivity (Wildman–Crippen MR) is 150 cm³/mol. The van der Waals surface area contributed by atoms with Crippen molar-refractivity contribution < 1.29 is 14.3 Å². The fraction of sp³-hybridized carbons (Fsp3) is 0.345. The molecule has 4 aromatic heterocycles. The number of likely N-dealkylation sites (tertiary alicyclic amines) is 1. The number of fused-ring (bicyclic) bond motifs is 2. The highest BCUT2D eigenvalue weighted by atomic mass is 16.6. The molecule has 11 nitrogen and oxygen atoms in total. The average Bonchev–Trinajstić information content (AvgIpc) is 3.57. The number of pyridine rings is 1. The van der Waals surface area contributed by atoms with Crippen LogP contribution in [-0.4, -0.2) is 58.9 Å². The van der Waals surface area contributed by atoms with Crippen LogP contribution >= 0.6 is 0 Å². The van der Waals surface area contributed by atoms with Gasteiger partial charge < -0.3 is 19.7 Å². The van der Waals surface area contributed by atoms with Crippen LogP contribution in [0.1, 0.15) is 50.7 Å². The number of aromatic nitrogens is 6. The molecule has 5 heterocycles. The van der Waals surface area contributed by atoms with E-state index in [2.05, 4.69) is 31.5 Å². The summed E-state index contributed by atoms with van der Waals surface area (Å²) in [4.78, 5) is 23.4. The van der Waals surface area contributed by atoms with E-state index in [0.717, 1.165) is 46.6 Å². The van der Waals surface area contributed by atoms with Crippen LogP contribution in [0.2, 0.25) is 0 Å². The zero-order valence-electron chi connectivity index (χ0n) is 23.0. The highest BCUT2D eigenvalue weighted by Gasteiger charge is 2.30. The molecule has 6 rings (SSSR count). The molecular formula is C29H32N8O3. The first kappa shape index (κ1) is 25.6. The number of ether oxygens (including phenoxy) is 2.